The first-order chi connectivity index (χ1) is 13.4. The maximum atomic E-state index is 13.0. The van der Waals surface area contributed by atoms with Gasteiger partial charge >= 0.3 is 5.97 Å². The van der Waals surface area contributed by atoms with Crippen LogP contribution in [0.25, 0.3) is 0 Å². The molecule has 0 aliphatic carbocycles. The van der Waals surface area contributed by atoms with Crippen molar-refractivity contribution in [2.75, 3.05) is 7.11 Å². The lowest BCUT2D eigenvalue weighted by atomic mass is 9.73. The Morgan fingerprint density at radius 2 is 1.39 bits per heavy atom. The number of hydrogen-bond donors (Lipinski definition) is 0. The number of hydrogen-bond acceptors (Lipinski definition) is 5. The molecule has 5 heteroatoms. The van der Waals surface area contributed by atoms with Crippen LogP contribution in [0.1, 0.15) is 29.4 Å². The molecule has 0 amide bonds. The Morgan fingerprint density at radius 3 is 1.82 bits per heavy atom. The van der Waals surface area contributed by atoms with Crippen LogP contribution in [-0.2, 0) is 14.9 Å². The van der Waals surface area contributed by atoms with Crippen molar-refractivity contribution < 1.29 is 9.53 Å². The highest BCUT2D eigenvalue weighted by atomic mass is 32.2. The number of nitrogens with zero attached hydrogens (tertiary/aromatic N) is 2. The van der Waals surface area contributed by atoms with Crippen molar-refractivity contribution in [2.24, 2.45) is 0 Å². The van der Waals surface area contributed by atoms with Crippen LogP contribution >= 0.6 is 11.8 Å². The third-order valence-corrected chi connectivity index (χ3v) is 6.16. The molecule has 1 unspecified atom stereocenters. The van der Waals surface area contributed by atoms with Crippen molar-refractivity contribution in [3.8, 4) is 0 Å². The van der Waals surface area contributed by atoms with Crippen LogP contribution in [0.5, 0.6) is 0 Å². The fourth-order valence-electron chi connectivity index (χ4n) is 3.40. The van der Waals surface area contributed by atoms with Crippen molar-refractivity contribution in [2.45, 2.75) is 36.6 Å². The smallest absolute Gasteiger partial charge is 0.320 e. The zero-order chi connectivity index (χ0) is 20.1. The number of esters is 1. The number of rotatable bonds is 6. The number of aromatic nitrogens is 2. The van der Waals surface area contributed by atoms with E-state index in [1.165, 1.54) is 18.9 Å². The first-order valence-electron chi connectivity index (χ1n) is 9.13. The van der Waals surface area contributed by atoms with Gasteiger partial charge in [0.05, 0.1) is 7.11 Å². The second kappa shape index (κ2) is 8.57. The van der Waals surface area contributed by atoms with Crippen LogP contribution in [0.4, 0.5) is 0 Å². The predicted molar refractivity (Wildman–Crippen MR) is 113 cm³/mol. The van der Waals surface area contributed by atoms with E-state index in [4.69, 9.17) is 4.74 Å². The molecule has 0 bridgehead atoms. The largest absolute Gasteiger partial charge is 0.468 e. The van der Waals surface area contributed by atoms with Crippen LogP contribution < -0.4 is 0 Å². The van der Waals surface area contributed by atoms with Gasteiger partial charge in [0.25, 0.3) is 0 Å². The van der Waals surface area contributed by atoms with Crippen LogP contribution in [-0.4, -0.2) is 28.3 Å². The Labute approximate surface area is 170 Å². The van der Waals surface area contributed by atoms with Gasteiger partial charge in [-0.25, -0.2) is 9.97 Å². The van der Waals surface area contributed by atoms with Crippen LogP contribution in [0.3, 0.4) is 0 Å². The molecule has 4 nitrogen and oxygen atoms in total. The molecule has 1 atom stereocenters. The minimum Gasteiger partial charge on any atom is -0.468 e. The summed E-state index contributed by atoms with van der Waals surface area (Å²) in [6.45, 7) is 5.94. The molecular weight excluding hydrogens is 368 g/mol. The first-order valence-corrected chi connectivity index (χ1v) is 10.0. The number of carbonyl (C=O) groups is 1. The molecule has 2 aromatic carbocycles. The molecule has 0 radical (unpaired) electrons. The molecule has 28 heavy (non-hydrogen) atoms. The zero-order valence-corrected chi connectivity index (χ0v) is 17.4. The van der Waals surface area contributed by atoms with E-state index >= 15 is 0 Å². The van der Waals surface area contributed by atoms with E-state index in [1.807, 2.05) is 80.6 Å². The monoisotopic (exact) mass is 392 g/mol. The second-order valence-corrected chi connectivity index (χ2v) is 7.96. The molecular formula is C23H24N2O2S. The zero-order valence-electron chi connectivity index (χ0n) is 16.5. The van der Waals surface area contributed by atoms with Gasteiger partial charge in [0, 0.05) is 16.8 Å². The highest BCUT2D eigenvalue weighted by Crippen LogP contribution is 2.43. The lowest BCUT2D eigenvalue weighted by Crippen LogP contribution is -2.42. The Morgan fingerprint density at radius 1 is 0.929 bits per heavy atom. The summed E-state index contributed by atoms with van der Waals surface area (Å²) in [5.74, 6) is -0.303. The van der Waals surface area contributed by atoms with E-state index in [9.17, 15) is 4.79 Å². The summed E-state index contributed by atoms with van der Waals surface area (Å²) in [4.78, 5) is 22.1. The number of benzene rings is 2. The maximum Gasteiger partial charge on any atom is 0.320 e. The van der Waals surface area contributed by atoms with Gasteiger partial charge in [0.1, 0.15) is 5.25 Å². The van der Waals surface area contributed by atoms with Crippen molar-refractivity contribution in [1.82, 2.24) is 9.97 Å². The third-order valence-electron chi connectivity index (χ3n) is 4.87. The van der Waals surface area contributed by atoms with Crippen molar-refractivity contribution in [3.63, 3.8) is 0 Å². The van der Waals surface area contributed by atoms with Crippen molar-refractivity contribution in [3.05, 3.63) is 89.2 Å². The molecule has 0 aliphatic rings. The Kier molecular flexibility index (Phi) is 6.15. The second-order valence-electron chi connectivity index (χ2n) is 6.89. The van der Waals surface area contributed by atoms with Gasteiger partial charge < -0.3 is 4.74 Å². The summed E-state index contributed by atoms with van der Waals surface area (Å²) in [5.41, 5.74) is 3.20. The minimum atomic E-state index is -0.624. The molecule has 0 saturated carbocycles. The van der Waals surface area contributed by atoms with Gasteiger partial charge in [-0.3, -0.25) is 4.79 Å². The van der Waals surface area contributed by atoms with E-state index in [2.05, 4.69) is 16.9 Å². The Balaban J connectivity index is 2.16. The standard InChI is InChI=1S/C23H24N2O2S/c1-16-15-17(2)25-22(24-16)28-20(21(26)27-4)23(3,18-11-7-5-8-12-18)19-13-9-6-10-14-19/h5-15,20H,1-4H3. The highest BCUT2D eigenvalue weighted by Gasteiger charge is 2.44. The molecule has 0 saturated heterocycles. The first kappa shape index (κ1) is 20.1. The maximum absolute atomic E-state index is 13.0. The lowest BCUT2D eigenvalue weighted by molar-refractivity contribution is -0.140. The summed E-state index contributed by atoms with van der Waals surface area (Å²) in [5, 5.41) is 0.0227. The van der Waals surface area contributed by atoms with E-state index < -0.39 is 10.7 Å². The SMILES string of the molecule is COC(=O)C(Sc1nc(C)cc(C)n1)C(C)(c1ccccc1)c1ccccc1. The van der Waals surface area contributed by atoms with E-state index in [0.717, 1.165) is 22.5 Å². The minimum absolute atomic E-state index is 0.303. The number of thioether (sulfide) groups is 1. The van der Waals surface area contributed by atoms with Gasteiger partial charge in [0.15, 0.2) is 5.16 Å². The lowest BCUT2D eigenvalue weighted by Gasteiger charge is -2.36. The average molecular weight is 393 g/mol. The molecule has 3 aromatic rings. The quantitative estimate of drug-likeness (QED) is 0.345. The normalized spacial score (nSPS) is 12.4. The van der Waals surface area contributed by atoms with Crippen LogP contribution in [0.2, 0.25) is 0 Å². The Bertz CT molecular complexity index is 886. The van der Waals surface area contributed by atoms with Crippen LogP contribution in [0.15, 0.2) is 71.9 Å². The number of ether oxygens (including phenoxy) is 1. The summed E-state index contributed by atoms with van der Waals surface area (Å²) in [7, 11) is 1.43. The average Bonchev–Trinajstić information content (AvgIpc) is 2.71. The molecule has 0 spiro atoms. The molecule has 3 rings (SSSR count). The number of methoxy groups -OCH3 is 1. The van der Waals surface area contributed by atoms with Crippen molar-refractivity contribution in [1.29, 1.82) is 0 Å². The van der Waals surface area contributed by atoms with Crippen LogP contribution in [0, 0.1) is 13.8 Å². The molecule has 0 aliphatic heterocycles. The third kappa shape index (κ3) is 4.09. The predicted octanol–water partition coefficient (Wildman–Crippen LogP) is 4.73. The molecule has 0 N–H and O–H groups in total. The summed E-state index contributed by atoms with van der Waals surface area (Å²) in [6, 6.07) is 22.0. The Hall–Kier alpha value is -2.66. The summed E-state index contributed by atoms with van der Waals surface area (Å²) in [6.07, 6.45) is 0. The van der Waals surface area contributed by atoms with Gasteiger partial charge in [0.2, 0.25) is 0 Å². The summed E-state index contributed by atoms with van der Waals surface area (Å²) >= 11 is 1.35. The molecule has 0 fully saturated rings. The van der Waals surface area contributed by atoms with E-state index in [1.54, 1.807) is 0 Å². The topological polar surface area (TPSA) is 52.1 Å². The van der Waals surface area contributed by atoms with Gasteiger partial charge in [-0.15, -0.1) is 0 Å². The fourth-order valence-corrected chi connectivity index (χ4v) is 4.70. The number of aryl methyl sites for hydroxylation is 2. The van der Waals surface area contributed by atoms with E-state index in [0.29, 0.717) is 5.16 Å². The number of carbonyl (C=O) groups excluding carboxylic acids is 1. The van der Waals surface area contributed by atoms with Crippen molar-refractivity contribution >= 4 is 17.7 Å². The molecule has 1 heterocycles. The molecule has 144 valence electrons. The van der Waals surface area contributed by atoms with E-state index in [-0.39, 0.29) is 5.97 Å². The van der Waals surface area contributed by atoms with Gasteiger partial charge in [-0.2, -0.15) is 0 Å². The van der Waals surface area contributed by atoms with Gasteiger partial charge in [-0.05, 0) is 38.0 Å². The summed E-state index contributed by atoms with van der Waals surface area (Å²) < 4.78 is 5.22. The van der Waals surface area contributed by atoms with Gasteiger partial charge in [-0.1, -0.05) is 72.4 Å². The highest BCUT2D eigenvalue weighted by molar-refractivity contribution is 8.00. The fraction of sp³-hybridized carbons (Fsp3) is 0.261. The molecule has 1 aromatic heterocycles.